The number of nitrogens with one attached hydrogen (secondary N) is 1. The summed E-state index contributed by atoms with van der Waals surface area (Å²) in [6.07, 6.45) is 4.98. The first-order valence-electron chi connectivity index (χ1n) is 7.76. The second-order valence-corrected chi connectivity index (χ2v) is 5.42. The Morgan fingerprint density at radius 2 is 1.85 bits per heavy atom. The van der Waals surface area contributed by atoms with Gasteiger partial charge in [-0.05, 0) is 35.9 Å². The molecule has 0 spiro atoms. The Bertz CT molecular complexity index is 966. The van der Waals surface area contributed by atoms with Gasteiger partial charge >= 0.3 is 5.97 Å². The summed E-state index contributed by atoms with van der Waals surface area (Å²) in [6, 6.07) is 6.88. The third-order valence-corrected chi connectivity index (χ3v) is 3.99. The average molecular weight is 354 g/mol. The van der Waals surface area contributed by atoms with Crippen molar-refractivity contribution in [2.75, 3.05) is 21.3 Å². The fourth-order valence-corrected chi connectivity index (χ4v) is 2.76. The molecule has 0 aliphatic heterocycles. The second kappa shape index (κ2) is 7.18. The Hall–Kier alpha value is -3.48. The quantitative estimate of drug-likeness (QED) is 0.660. The zero-order valence-corrected chi connectivity index (χ0v) is 14.6. The third-order valence-electron chi connectivity index (χ3n) is 3.99. The van der Waals surface area contributed by atoms with Gasteiger partial charge in [0.1, 0.15) is 5.65 Å². The number of ether oxygens (including phenoxy) is 3. The molecular weight excluding hydrogens is 336 g/mol. The molecule has 134 valence electrons. The molecule has 0 unspecified atom stereocenters. The number of H-pyrrole nitrogens is 1. The largest absolute Gasteiger partial charge is 0.493 e. The van der Waals surface area contributed by atoms with E-state index in [9.17, 15) is 9.90 Å². The minimum Gasteiger partial charge on any atom is -0.493 e. The number of nitrogens with zero attached hydrogens (tertiary/aromatic N) is 1. The normalized spacial score (nSPS) is 11.4. The van der Waals surface area contributed by atoms with E-state index >= 15 is 0 Å². The van der Waals surface area contributed by atoms with Crippen molar-refractivity contribution in [3.8, 4) is 17.2 Å². The van der Waals surface area contributed by atoms with Crippen molar-refractivity contribution >= 4 is 28.7 Å². The highest BCUT2D eigenvalue weighted by atomic mass is 16.5. The third kappa shape index (κ3) is 3.06. The van der Waals surface area contributed by atoms with Crippen molar-refractivity contribution in [2.45, 2.75) is 0 Å². The first kappa shape index (κ1) is 17.3. The highest BCUT2D eigenvalue weighted by Gasteiger charge is 2.19. The van der Waals surface area contributed by atoms with Crippen LogP contribution >= 0.6 is 0 Å². The van der Waals surface area contributed by atoms with E-state index in [1.165, 1.54) is 21.3 Å². The Labute approximate surface area is 149 Å². The van der Waals surface area contributed by atoms with Crippen LogP contribution in [-0.2, 0) is 4.79 Å². The summed E-state index contributed by atoms with van der Waals surface area (Å²) in [4.78, 5) is 19.2. The number of fused-ring (bicyclic) bond motifs is 1. The lowest BCUT2D eigenvalue weighted by Crippen LogP contribution is -2.02. The monoisotopic (exact) mass is 354 g/mol. The van der Waals surface area contributed by atoms with Gasteiger partial charge in [-0.25, -0.2) is 9.78 Å². The van der Waals surface area contributed by atoms with Crippen LogP contribution in [0.15, 0.2) is 36.7 Å². The van der Waals surface area contributed by atoms with Gasteiger partial charge in [-0.1, -0.05) is 0 Å². The fraction of sp³-hybridized carbons (Fsp3) is 0.158. The van der Waals surface area contributed by atoms with Gasteiger partial charge in [0, 0.05) is 23.3 Å². The summed E-state index contributed by atoms with van der Waals surface area (Å²) >= 11 is 0. The first-order valence-corrected chi connectivity index (χ1v) is 7.76. The number of carboxylic acid groups (broad SMARTS) is 1. The molecule has 0 aliphatic rings. The predicted octanol–water partition coefficient (Wildman–Crippen LogP) is 3.21. The number of carbonyl (C=O) groups is 1. The molecule has 0 radical (unpaired) electrons. The molecule has 0 saturated heterocycles. The summed E-state index contributed by atoms with van der Waals surface area (Å²) < 4.78 is 15.9. The Kier molecular flexibility index (Phi) is 4.79. The number of pyridine rings is 1. The highest BCUT2D eigenvalue weighted by Crippen LogP contribution is 2.40. The van der Waals surface area contributed by atoms with E-state index in [0.717, 1.165) is 10.9 Å². The minimum atomic E-state index is -1.07. The van der Waals surface area contributed by atoms with E-state index in [1.54, 1.807) is 36.7 Å². The van der Waals surface area contributed by atoms with Crippen LogP contribution < -0.4 is 14.2 Å². The van der Waals surface area contributed by atoms with Gasteiger partial charge in [-0.3, -0.25) is 0 Å². The molecule has 3 aromatic rings. The van der Waals surface area contributed by atoms with Crippen molar-refractivity contribution in [1.82, 2.24) is 9.97 Å². The van der Waals surface area contributed by atoms with Gasteiger partial charge in [0.25, 0.3) is 0 Å². The van der Waals surface area contributed by atoms with Crippen LogP contribution in [0.3, 0.4) is 0 Å². The molecule has 26 heavy (non-hydrogen) atoms. The highest BCUT2D eigenvalue weighted by molar-refractivity contribution is 6.21. The lowest BCUT2D eigenvalue weighted by atomic mass is 10.0. The average Bonchev–Trinajstić information content (AvgIpc) is 3.07. The van der Waals surface area contributed by atoms with Crippen LogP contribution in [0.2, 0.25) is 0 Å². The zero-order valence-electron chi connectivity index (χ0n) is 14.6. The van der Waals surface area contributed by atoms with Crippen molar-refractivity contribution in [3.05, 3.63) is 47.8 Å². The van der Waals surface area contributed by atoms with Crippen molar-refractivity contribution in [2.24, 2.45) is 0 Å². The van der Waals surface area contributed by atoms with E-state index in [-0.39, 0.29) is 5.57 Å². The van der Waals surface area contributed by atoms with Crippen LogP contribution in [0.25, 0.3) is 22.7 Å². The van der Waals surface area contributed by atoms with Crippen LogP contribution in [0.4, 0.5) is 0 Å². The number of aliphatic carboxylic acids is 1. The molecule has 2 heterocycles. The van der Waals surface area contributed by atoms with E-state index in [4.69, 9.17) is 14.2 Å². The molecule has 0 fully saturated rings. The summed E-state index contributed by atoms with van der Waals surface area (Å²) in [6.45, 7) is 0. The number of aromatic nitrogens is 2. The van der Waals surface area contributed by atoms with Gasteiger partial charge < -0.3 is 24.3 Å². The van der Waals surface area contributed by atoms with E-state index in [0.29, 0.717) is 28.5 Å². The Balaban J connectivity index is 2.19. The van der Waals surface area contributed by atoms with Crippen molar-refractivity contribution < 1.29 is 24.1 Å². The zero-order chi connectivity index (χ0) is 18.7. The number of rotatable bonds is 6. The molecule has 0 aliphatic carbocycles. The van der Waals surface area contributed by atoms with E-state index in [1.807, 2.05) is 6.07 Å². The number of hydrogen-bond donors (Lipinski definition) is 2. The molecule has 0 bridgehead atoms. The molecule has 1 aromatic carbocycles. The lowest BCUT2D eigenvalue weighted by molar-refractivity contribution is -0.130. The number of benzene rings is 1. The summed E-state index contributed by atoms with van der Waals surface area (Å²) in [5, 5.41) is 10.6. The number of hydrogen-bond acceptors (Lipinski definition) is 5. The fourth-order valence-electron chi connectivity index (χ4n) is 2.76. The van der Waals surface area contributed by atoms with Crippen molar-refractivity contribution in [1.29, 1.82) is 0 Å². The van der Waals surface area contributed by atoms with Crippen LogP contribution in [0.1, 0.15) is 11.1 Å². The first-order chi connectivity index (χ1) is 12.6. The van der Waals surface area contributed by atoms with Gasteiger partial charge in [-0.15, -0.1) is 0 Å². The maximum absolute atomic E-state index is 11.9. The topological polar surface area (TPSA) is 93.7 Å². The lowest BCUT2D eigenvalue weighted by Gasteiger charge is -2.14. The van der Waals surface area contributed by atoms with Gasteiger partial charge in [0.15, 0.2) is 11.5 Å². The molecule has 7 heteroatoms. The predicted molar refractivity (Wildman–Crippen MR) is 97.7 cm³/mol. The number of methoxy groups -OCH3 is 3. The molecule has 0 atom stereocenters. The van der Waals surface area contributed by atoms with Gasteiger partial charge in [0.05, 0.1) is 26.9 Å². The van der Waals surface area contributed by atoms with E-state index in [2.05, 4.69) is 9.97 Å². The molecule has 7 nitrogen and oxygen atoms in total. The molecule has 2 aromatic heterocycles. The smallest absolute Gasteiger partial charge is 0.336 e. The standard InChI is InChI=1S/C19H18N2O5/c1-24-15-8-11(9-16(25-2)17(15)26-3)14(19(22)23)7-12-10-21-18-13(12)5-4-6-20-18/h4-10H,1-3H3,(H,20,21)(H,22,23)/b14-7+. The Morgan fingerprint density at radius 1 is 1.15 bits per heavy atom. The second-order valence-electron chi connectivity index (χ2n) is 5.42. The molecule has 0 amide bonds. The molecule has 3 rings (SSSR count). The van der Waals surface area contributed by atoms with Crippen molar-refractivity contribution in [3.63, 3.8) is 0 Å². The van der Waals surface area contributed by atoms with E-state index < -0.39 is 5.97 Å². The minimum absolute atomic E-state index is 0.0917. The SMILES string of the molecule is COc1cc(/C(=C\c2c[nH]c3ncccc23)C(=O)O)cc(OC)c1OC. The van der Waals surface area contributed by atoms with Crippen LogP contribution in [-0.4, -0.2) is 42.4 Å². The van der Waals surface area contributed by atoms with Crippen LogP contribution in [0.5, 0.6) is 17.2 Å². The Morgan fingerprint density at radius 3 is 2.42 bits per heavy atom. The number of aromatic amines is 1. The molecular formula is C19H18N2O5. The maximum Gasteiger partial charge on any atom is 0.336 e. The van der Waals surface area contributed by atoms with Crippen LogP contribution in [0, 0.1) is 0 Å². The summed E-state index contributed by atoms with van der Waals surface area (Å²) in [7, 11) is 4.46. The molecule has 2 N–H and O–H groups in total. The van der Waals surface area contributed by atoms with Gasteiger partial charge in [-0.2, -0.15) is 0 Å². The van der Waals surface area contributed by atoms with Gasteiger partial charge in [0.2, 0.25) is 5.75 Å². The summed E-state index contributed by atoms with van der Waals surface area (Å²) in [5.41, 5.74) is 1.94. The summed E-state index contributed by atoms with van der Waals surface area (Å²) in [5.74, 6) is 0.0986. The molecule has 0 saturated carbocycles. The number of carboxylic acids is 1. The maximum atomic E-state index is 11.9.